The van der Waals surface area contributed by atoms with Crippen LogP contribution in [-0.4, -0.2) is 34.0 Å². The summed E-state index contributed by atoms with van der Waals surface area (Å²) in [6, 6.07) is 24.5. The van der Waals surface area contributed by atoms with Crippen molar-refractivity contribution < 1.29 is 9.59 Å². The Bertz CT molecular complexity index is 1540. The van der Waals surface area contributed by atoms with E-state index in [4.69, 9.17) is 23.2 Å². The number of amides is 3. The second-order valence-corrected chi connectivity index (χ2v) is 10.6. The zero-order valence-corrected chi connectivity index (χ0v) is 22.3. The molecule has 0 bridgehead atoms. The van der Waals surface area contributed by atoms with E-state index in [0.717, 1.165) is 41.0 Å². The van der Waals surface area contributed by atoms with Gasteiger partial charge in [-0.2, -0.15) is 0 Å². The van der Waals surface area contributed by atoms with E-state index in [1.165, 1.54) is 0 Å². The molecular weight excluding hydrogens is 519 g/mol. The third kappa shape index (κ3) is 4.55. The van der Waals surface area contributed by atoms with Gasteiger partial charge in [0, 0.05) is 17.9 Å². The van der Waals surface area contributed by atoms with E-state index in [2.05, 4.69) is 28.1 Å². The number of carbonyl (C=O) groups is 2. The number of aryl methyl sites for hydroxylation is 1. The van der Waals surface area contributed by atoms with Crippen LogP contribution >= 0.6 is 23.2 Å². The fourth-order valence-corrected chi connectivity index (χ4v) is 5.46. The van der Waals surface area contributed by atoms with E-state index >= 15 is 0 Å². The first kappa shape index (κ1) is 24.6. The zero-order chi connectivity index (χ0) is 26.4. The molecule has 6 nitrogen and oxygen atoms in total. The molecule has 3 amide bonds. The van der Waals surface area contributed by atoms with Crippen LogP contribution in [-0.2, 0) is 4.79 Å². The Balaban J connectivity index is 1.35. The summed E-state index contributed by atoms with van der Waals surface area (Å²) in [5.41, 5.74) is 5.41. The monoisotopic (exact) mass is 544 g/mol. The number of carbonyl (C=O) groups excluding carboxylic acids is 2. The maximum absolute atomic E-state index is 14.2. The smallest absolute Gasteiger partial charge is 0.316 e. The zero-order valence-electron chi connectivity index (χ0n) is 20.8. The summed E-state index contributed by atoms with van der Waals surface area (Å²) in [5.74, 6) is -0.146. The lowest BCUT2D eigenvalue weighted by molar-refractivity contribution is -0.119. The van der Waals surface area contributed by atoms with Gasteiger partial charge in [0.1, 0.15) is 12.6 Å². The molecule has 1 saturated carbocycles. The fraction of sp³-hybridized carbons (Fsp3) is 0.200. The Morgan fingerprint density at radius 2 is 1.71 bits per heavy atom. The lowest BCUT2D eigenvalue weighted by atomic mass is 9.96. The minimum atomic E-state index is -0.333. The average molecular weight is 545 g/mol. The summed E-state index contributed by atoms with van der Waals surface area (Å²) in [6.45, 7) is 2.00. The van der Waals surface area contributed by atoms with Crippen LogP contribution in [0.1, 0.15) is 35.7 Å². The van der Waals surface area contributed by atoms with Crippen LogP contribution < -0.4 is 10.2 Å². The SMILES string of the molecule is Cc1cccc(C2c3cccn3-c3ccccc3N2C(=O)CN(C(=O)Nc2ccc(Cl)c(Cl)c2)C2CC2)c1. The normalized spacial score (nSPS) is 16.0. The summed E-state index contributed by atoms with van der Waals surface area (Å²) >= 11 is 12.2. The van der Waals surface area contributed by atoms with Gasteiger partial charge < -0.3 is 14.8 Å². The van der Waals surface area contributed by atoms with E-state index < -0.39 is 0 Å². The van der Waals surface area contributed by atoms with Gasteiger partial charge in [-0.05, 0) is 67.8 Å². The molecule has 4 aromatic rings. The second kappa shape index (κ2) is 9.86. The first-order chi connectivity index (χ1) is 18.4. The van der Waals surface area contributed by atoms with Crippen molar-refractivity contribution in [3.05, 3.63) is 112 Å². The van der Waals surface area contributed by atoms with Crippen LogP contribution in [0, 0.1) is 6.92 Å². The van der Waals surface area contributed by atoms with Gasteiger partial charge in [0.2, 0.25) is 5.91 Å². The summed E-state index contributed by atoms with van der Waals surface area (Å²) < 4.78 is 2.14. The molecule has 0 radical (unpaired) electrons. The number of nitrogens with one attached hydrogen (secondary N) is 1. The van der Waals surface area contributed by atoms with Crippen molar-refractivity contribution in [2.24, 2.45) is 0 Å². The molecule has 2 heterocycles. The highest BCUT2D eigenvalue weighted by Gasteiger charge is 2.40. The van der Waals surface area contributed by atoms with Crippen molar-refractivity contribution in [3.8, 4) is 5.69 Å². The molecule has 1 N–H and O–H groups in total. The van der Waals surface area contributed by atoms with Crippen LogP contribution in [0.3, 0.4) is 0 Å². The van der Waals surface area contributed by atoms with Gasteiger partial charge in [0.05, 0.1) is 27.1 Å². The second-order valence-electron chi connectivity index (χ2n) is 9.79. The van der Waals surface area contributed by atoms with Gasteiger partial charge in [0.15, 0.2) is 0 Å². The number of benzene rings is 3. The number of para-hydroxylation sites is 2. The van der Waals surface area contributed by atoms with Crippen LogP contribution in [0.5, 0.6) is 0 Å². The van der Waals surface area contributed by atoms with Crippen molar-refractivity contribution in [1.29, 1.82) is 0 Å². The summed E-state index contributed by atoms with van der Waals surface area (Å²) in [4.78, 5) is 31.1. The van der Waals surface area contributed by atoms with Gasteiger partial charge in [-0.25, -0.2) is 4.79 Å². The molecular formula is C30H26Cl2N4O2. The molecule has 3 aromatic carbocycles. The number of hydrogen-bond acceptors (Lipinski definition) is 2. The molecule has 38 heavy (non-hydrogen) atoms. The molecule has 8 heteroatoms. The molecule has 192 valence electrons. The molecule has 1 atom stereocenters. The van der Waals surface area contributed by atoms with Gasteiger partial charge in [-0.3, -0.25) is 9.69 Å². The Hall–Kier alpha value is -3.74. The van der Waals surface area contributed by atoms with E-state index in [1.54, 1.807) is 23.1 Å². The Morgan fingerprint density at radius 1 is 0.921 bits per heavy atom. The molecule has 2 aliphatic rings. The topological polar surface area (TPSA) is 57.6 Å². The maximum atomic E-state index is 14.2. The predicted molar refractivity (Wildman–Crippen MR) is 151 cm³/mol. The van der Waals surface area contributed by atoms with Crippen LogP contribution in [0.25, 0.3) is 5.69 Å². The number of nitrogens with zero attached hydrogens (tertiary/aromatic N) is 3. The quantitative estimate of drug-likeness (QED) is 0.288. The highest BCUT2D eigenvalue weighted by molar-refractivity contribution is 6.42. The summed E-state index contributed by atoms with van der Waals surface area (Å²) in [6.07, 6.45) is 3.76. The average Bonchev–Trinajstić information content (AvgIpc) is 3.63. The highest BCUT2D eigenvalue weighted by atomic mass is 35.5. The van der Waals surface area contributed by atoms with E-state index in [9.17, 15) is 9.59 Å². The summed E-state index contributed by atoms with van der Waals surface area (Å²) in [7, 11) is 0. The van der Waals surface area contributed by atoms with Crippen LogP contribution in [0.4, 0.5) is 16.2 Å². The number of fused-ring (bicyclic) bond motifs is 3. The number of rotatable bonds is 5. The van der Waals surface area contributed by atoms with Crippen molar-refractivity contribution in [3.63, 3.8) is 0 Å². The molecule has 1 fully saturated rings. The van der Waals surface area contributed by atoms with Crippen LogP contribution in [0.2, 0.25) is 10.0 Å². The molecule has 0 spiro atoms. The van der Waals surface area contributed by atoms with Gasteiger partial charge in [-0.15, -0.1) is 0 Å². The Kier molecular flexibility index (Phi) is 6.38. The Labute approximate surface area is 231 Å². The number of halogens is 2. The molecule has 1 unspecified atom stereocenters. The van der Waals surface area contributed by atoms with Crippen molar-refractivity contribution >= 4 is 46.5 Å². The fourth-order valence-electron chi connectivity index (χ4n) is 5.16. The minimum absolute atomic E-state index is 0.0167. The van der Waals surface area contributed by atoms with E-state index in [-0.39, 0.29) is 30.6 Å². The number of urea groups is 1. The highest BCUT2D eigenvalue weighted by Crippen LogP contribution is 2.42. The first-order valence-electron chi connectivity index (χ1n) is 12.6. The van der Waals surface area contributed by atoms with Crippen molar-refractivity contribution in [1.82, 2.24) is 9.47 Å². The van der Waals surface area contributed by atoms with Gasteiger partial charge >= 0.3 is 6.03 Å². The van der Waals surface area contributed by atoms with Crippen LogP contribution in [0.15, 0.2) is 85.1 Å². The van der Waals surface area contributed by atoms with Crippen molar-refractivity contribution in [2.75, 3.05) is 16.8 Å². The third-order valence-electron chi connectivity index (χ3n) is 7.07. The third-order valence-corrected chi connectivity index (χ3v) is 7.81. The molecule has 1 aliphatic carbocycles. The number of aromatic nitrogens is 1. The standard InChI is InChI=1S/C30H26Cl2N4O2/c1-19-6-4-7-20(16-19)29-27-10-5-15-34(27)25-8-2-3-9-26(25)36(29)28(37)18-35(22-12-13-22)30(38)33-21-11-14-23(31)24(32)17-21/h2-11,14-17,22,29H,12-13,18H2,1H3,(H,33,38). The molecule has 1 aliphatic heterocycles. The largest absolute Gasteiger partial charge is 0.322 e. The molecule has 1 aromatic heterocycles. The first-order valence-corrected chi connectivity index (χ1v) is 13.3. The van der Waals surface area contributed by atoms with Gasteiger partial charge in [0.25, 0.3) is 0 Å². The predicted octanol–water partition coefficient (Wildman–Crippen LogP) is 7.23. The lowest BCUT2D eigenvalue weighted by Crippen LogP contribution is -2.48. The molecule has 0 saturated heterocycles. The molecule has 6 rings (SSSR count). The Morgan fingerprint density at radius 3 is 2.45 bits per heavy atom. The lowest BCUT2D eigenvalue weighted by Gasteiger charge is -2.39. The van der Waals surface area contributed by atoms with E-state index in [1.807, 2.05) is 60.5 Å². The number of anilines is 2. The summed E-state index contributed by atoms with van der Waals surface area (Å²) in [5, 5.41) is 3.66. The van der Waals surface area contributed by atoms with Gasteiger partial charge in [-0.1, -0.05) is 65.2 Å². The van der Waals surface area contributed by atoms with E-state index in [0.29, 0.717) is 15.7 Å². The number of hydrogen-bond donors (Lipinski definition) is 1. The maximum Gasteiger partial charge on any atom is 0.322 e. The van der Waals surface area contributed by atoms with Crippen molar-refractivity contribution in [2.45, 2.75) is 31.8 Å². The minimum Gasteiger partial charge on any atom is -0.316 e.